The highest BCUT2D eigenvalue weighted by Crippen LogP contribution is 2.27. The van der Waals surface area contributed by atoms with E-state index in [0.717, 1.165) is 19.2 Å². The topological polar surface area (TPSA) is 24.5 Å². The fourth-order valence-electron chi connectivity index (χ4n) is 2.09. The van der Waals surface area contributed by atoms with Crippen LogP contribution in [0.1, 0.15) is 12.8 Å². The maximum absolute atomic E-state index is 5.17. The highest BCUT2D eigenvalue weighted by molar-refractivity contribution is 7.99. The SMILES string of the molecule is COCCN(CC1CSCCN1)C1CC1. The van der Waals surface area contributed by atoms with E-state index >= 15 is 0 Å². The van der Waals surface area contributed by atoms with Gasteiger partial charge in [0.1, 0.15) is 0 Å². The van der Waals surface area contributed by atoms with E-state index < -0.39 is 0 Å². The number of ether oxygens (including phenoxy) is 1. The molecule has 0 aromatic rings. The zero-order chi connectivity index (χ0) is 10.5. The molecule has 4 heteroatoms. The summed E-state index contributed by atoms with van der Waals surface area (Å²) in [5.74, 6) is 2.55. The van der Waals surface area contributed by atoms with Crippen LogP contribution in [-0.2, 0) is 4.74 Å². The van der Waals surface area contributed by atoms with Gasteiger partial charge < -0.3 is 10.1 Å². The Kier molecular flexibility index (Phi) is 4.75. The van der Waals surface area contributed by atoms with E-state index in [1.807, 2.05) is 0 Å². The maximum Gasteiger partial charge on any atom is 0.0589 e. The lowest BCUT2D eigenvalue weighted by molar-refractivity contribution is 0.137. The molecule has 1 atom stereocenters. The Balaban J connectivity index is 1.72. The van der Waals surface area contributed by atoms with Gasteiger partial charge in [-0.25, -0.2) is 0 Å². The number of rotatable bonds is 6. The van der Waals surface area contributed by atoms with E-state index in [-0.39, 0.29) is 0 Å². The molecule has 0 radical (unpaired) electrons. The maximum atomic E-state index is 5.17. The summed E-state index contributed by atoms with van der Waals surface area (Å²) < 4.78 is 5.17. The summed E-state index contributed by atoms with van der Waals surface area (Å²) in [6, 6.07) is 1.55. The molecule has 2 aliphatic rings. The third-order valence-electron chi connectivity index (χ3n) is 3.10. The van der Waals surface area contributed by atoms with Crippen molar-refractivity contribution in [3.8, 4) is 0 Å². The van der Waals surface area contributed by atoms with Crippen LogP contribution in [0.25, 0.3) is 0 Å². The molecule has 1 aliphatic heterocycles. The first-order valence-corrected chi connectivity index (χ1v) is 7.09. The zero-order valence-corrected chi connectivity index (χ0v) is 10.4. The summed E-state index contributed by atoms with van der Waals surface area (Å²) >= 11 is 2.08. The predicted octanol–water partition coefficient (Wildman–Crippen LogP) is 0.802. The first-order valence-electron chi connectivity index (χ1n) is 5.94. The molecular formula is C11H22N2OS. The van der Waals surface area contributed by atoms with Crippen molar-refractivity contribution in [3.05, 3.63) is 0 Å². The van der Waals surface area contributed by atoms with Gasteiger partial charge in [-0.05, 0) is 12.8 Å². The van der Waals surface area contributed by atoms with Crippen LogP contribution in [0.3, 0.4) is 0 Å². The summed E-state index contributed by atoms with van der Waals surface area (Å²) in [7, 11) is 1.79. The summed E-state index contributed by atoms with van der Waals surface area (Å²) in [6.07, 6.45) is 2.78. The van der Waals surface area contributed by atoms with Gasteiger partial charge in [0.2, 0.25) is 0 Å². The second-order valence-electron chi connectivity index (χ2n) is 4.44. The number of hydrogen-bond acceptors (Lipinski definition) is 4. The van der Waals surface area contributed by atoms with Crippen LogP contribution < -0.4 is 5.32 Å². The molecule has 1 unspecified atom stereocenters. The number of nitrogens with one attached hydrogen (secondary N) is 1. The first-order chi connectivity index (χ1) is 7.40. The van der Waals surface area contributed by atoms with Crippen LogP contribution in [0.15, 0.2) is 0 Å². The van der Waals surface area contributed by atoms with Crippen molar-refractivity contribution >= 4 is 11.8 Å². The molecule has 1 saturated heterocycles. The summed E-state index contributed by atoms with van der Waals surface area (Å²) in [5.41, 5.74) is 0. The molecular weight excluding hydrogens is 208 g/mol. The molecule has 0 aromatic heterocycles. The highest BCUT2D eigenvalue weighted by Gasteiger charge is 2.30. The van der Waals surface area contributed by atoms with Crippen LogP contribution in [0.2, 0.25) is 0 Å². The largest absolute Gasteiger partial charge is 0.383 e. The highest BCUT2D eigenvalue weighted by atomic mass is 32.2. The van der Waals surface area contributed by atoms with Gasteiger partial charge in [0.15, 0.2) is 0 Å². The Bertz CT molecular complexity index is 181. The van der Waals surface area contributed by atoms with Crippen molar-refractivity contribution in [2.75, 3.05) is 44.9 Å². The molecule has 1 aliphatic carbocycles. The van der Waals surface area contributed by atoms with Crippen LogP contribution in [-0.4, -0.2) is 61.8 Å². The third kappa shape index (κ3) is 3.94. The smallest absolute Gasteiger partial charge is 0.0589 e. The molecule has 1 N–H and O–H groups in total. The van der Waals surface area contributed by atoms with Gasteiger partial charge >= 0.3 is 0 Å². The molecule has 0 aromatic carbocycles. The van der Waals surface area contributed by atoms with E-state index in [1.165, 1.54) is 37.4 Å². The Morgan fingerprint density at radius 2 is 2.33 bits per heavy atom. The predicted molar refractivity (Wildman–Crippen MR) is 65.6 cm³/mol. The van der Waals surface area contributed by atoms with Crippen molar-refractivity contribution in [2.24, 2.45) is 0 Å². The number of nitrogens with zero attached hydrogens (tertiary/aromatic N) is 1. The lowest BCUT2D eigenvalue weighted by Crippen LogP contribution is -2.47. The number of hydrogen-bond donors (Lipinski definition) is 1. The Morgan fingerprint density at radius 1 is 1.47 bits per heavy atom. The van der Waals surface area contributed by atoms with Crippen LogP contribution in [0, 0.1) is 0 Å². The molecule has 0 bridgehead atoms. The average molecular weight is 230 g/mol. The van der Waals surface area contributed by atoms with Crippen molar-refractivity contribution in [1.82, 2.24) is 10.2 Å². The van der Waals surface area contributed by atoms with E-state index in [0.29, 0.717) is 6.04 Å². The third-order valence-corrected chi connectivity index (χ3v) is 4.23. The number of methoxy groups -OCH3 is 1. The van der Waals surface area contributed by atoms with Gasteiger partial charge in [-0.2, -0.15) is 11.8 Å². The van der Waals surface area contributed by atoms with Crippen molar-refractivity contribution in [1.29, 1.82) is 0 Å². The van der Waals surface area contributed by atoms with Crippen molar-refractivity contribution in [2.45, 2.75) is 24.9 Å². The summed E-state index contributed by atoms with van der Waals surface area (Å²) in [4.78, 5) is 2.60. The molecule has 2 rings (SSSR count). The summed E-state index contributed by atoms with van der Waals surface area (Å²) in [5, 5.41) is 3.61. The molecule has 88 valence electrons. The minimum Gasteiger partial charge on any atom is -0.383 e. The Labute approximate surface area is 96.9 Å². The fraction of sp³-hybridized carbons (Fsp3) is 1.00. The average Bonchev–Trinajstić information content (AvgIpc) is 3.09. The Hall–Kier alpha value is 0.230. The van der Waals surface area contributed by atoms with Crippen molar-refractivity contribution in [3.63, 3.8) is 0 Å². The quantitative estimate of drug-likeness (QED) is 0.729. The van der Waals surface area contributed by atoms with Gasteiger partial charge in [0.25, 0.3) is 0 Å². The minimum absolute atomic E-state index is 0.696. The normalized spacial score (nSPS) is 27.2. The molecule has 0 amide bonds. The van der Waals surface area contributed by atoms with Gasteiger partial charge in [-0.1, -0.05) is 0 Å². The molecule has 2 fully saturated rings. The van der Waals surface area contributed by atoms with E-state index in [4.69, 9.17) is 4.74 Å². The van der Waals surface area contributed by atoms with E-state index in [1.54, 1.807) is 7.11 Å². The molecule has 0 spiro atoms. The summed E-state index contributed by atoms with van der Waals surface area (Å²) in [6.45, 7) is 4.36. The van der Waals surface area contributed by atoms with Crippen LogP contribution in [0.4, 0.5) is 0 Å². The lowest BCUT2D eigenvalue weighted by atomic mass is 10.3. The van der Waals surface area contributed by atoms with Crippen LogP contribution >= 0.6 is 11.8 Å². The minimum atomic E-state index is 0.696. The van der Waals surface area contributed by atoms with Gasteiger partial charge in [0.05, 0.1) is 6.61 Å². The van der Waals surface area contributed by atoms with Crippen LogP contribution in [0.5, 0.6) is 0 Å². The lowest BCUT2D eigenvalue weighted by Gasteiger charge is -2.30. The Morgan fingerprint density at radius 3 is 2.93 bits per heavy atom. The van der Waals surface area contributed by atoms with Crippen molar-refractivity contribution < 1.29 is 4.74 Å². The molecule has 3 nitrogen and oxygen atoms in total. The monoisotopic (exact) mass is 230 g/mol. The second-order valence-corrected chi connectivity index (χ2v) is 5.59. The number of thioether (sulfide) groups is 1. The molecule has 15 heavy (non-hydrogen) atoms. The molecule has 1 heterocycles. The van der Waals surface area contributed by atoms with E-state index in [2.05, 4.69) is 22.0 Å². The van der Waals surface area contributed by atoms with Gasteiger partial charge in [-0.15, -0.1) is 0 Å². The fourth-order valence-corrected chi connectivity index (χ4v) is 3.03. The second kappa shape index (κ2) is 6.09. The standard InChI is InChI=1S/C11H22N2OS/c1-14-6-5-13(11-2-3-11)8-10-9-15-7-4-12-10/h10-12H,2-9H2,1H3. The molecule has 1 saturated carbocycles. The van der Waals surface area contributed by atoms with E-state index in [9.17, 15) is 0 Å². The van der Waals surface area contributed by atoms with Gasteiger partial charge in [0, 0.05) is 50.3 Å². The first kappa shape index (κ1) is 11.7. The van der Waals surface area contributed by atoms with Gasteiger partial charge in [-0.3, -0.25) is 4.90 Å². The zero-order valence-electron chi connectivity index (χ0n) is 9.58.